The van der Waals surface area contributed by atoms with Gasteiger partial charge in [-0.2, -0.15) is 5.10 Å². The molecule has 1 amide bonds. The molecular formula is C15H15BrN2O2S. The SMILES string of the molecule is Cc1ccc(CSCC(=O)N/N=C\c2ccc(Br)o2)cc1. The van der Waals surface area contributed by atoms with Gasteiger partial charge in [-0.25, -0.2) is 5.43 Å². The van der Waals surface area contributed by atoms with Crippen LogP contribution >= 0.6 is 27.7 Å². The molecule has 0 aliphatic heterocycles. The molecule has 0 saturated carbocycles. The first-order chi connectivity index (χ1) is 10.1. The van der Waals surface area contributed by atoms with Crippen LogP contribution in [-0.2, 0) is 10.5 Å². The van der Waals surface area contributed by atoms with Crippen molar-refractivity contribution in [2.24, 2.45) is 5.10 Å². The highest BCUT2D eigenvalue weighted by molar-refractivity contribution is 9.10. The first-order valence-electron chi connectivity index (χ1n) is 6.34. The first kappa shape index (κ1) is 15.9. The van der Waals surface area contributed by atoms with Crippen molar-refractivity contribution in [1.29, 1.82) is 0 Å². The molecule has 1 N–H and O–H groups in total. The highest BCUT2D eigenvalue weighted by Gasteiger charge is 2.01. The number of nitrogens with zero attached hydrogens (tertiary/aromatic N) is 1. The van der Waals surface area contributed by atoms with Gasteiger partial charge in [0, 0.05) is 5.75 Å². The number of rotatable bonds is 6. The molecule has 21 heavy (non-hydrogen) atoms. The Morgan fingerprint density at radius 1 is 1.33 bits per heavy atom. The molecule has 110 valence electrons. The van der Waals surface area contributed by atoms with E-state index in [-0.39, 0.29) is 5.91 Å². The summed E-state index contributed by atoms with van der Waals surface area (Å²) in [6, 6.07) is 11.8. The molecule has 0 bridgehead atoms. The molecule has 2 rings (SSSR count). The van der Waals surface area contributed by atoms with Gasteiger partial charge < -0.3 is 4.42 Å². The number of halogens is 1. The Hall–Kier alpha value is -1.53. The van der Waals surface area contributed by atoms with Crippen LogP contribution in [0.25, 0.3) is 0 Å². The van der Waals surface area contributed by atoms with E-state index in [2.05, 4.69) is 57.6 Å². The van der Waals surface area contributed by atoms with E-state index >= 15 is 0 Å². The first-order valence-corrected chi connectivity index (χ1v) is 8.29. The number of nitrogens with one attached hydrogen (secondary N) is 1. The van der Waals surface area contributed by atoms with Crippen molar-refractivity contribution in [3.63, 3.8) is 0 Å². The van der Waals surface area contributed by atoms with Gasteiger partial charge in [-0.1, -0.05) is 29.8 Å². The van der Waals surface area contributed by atoms with E-state index < -0.39 is 0 Å². The third-order valence-corrected chi connectivity index (χ3v) is 4.03. The fourth-order valence-electron chi connectivity index (χ4n) is 1.54. The van der Waals surface area contributed by atoms with E-state index in [1.807, 2.05) is 0 Å². The maximum atomic E-state index is 11.6. The molecule has 0 aliphatic rings. The van der Waals surface area contributed by atoms with E-state index in [1.165, 1.54) is 17.3 Å². The van der Waals surface area contributed by atoms with E-state index in [1.54, 1.807) is 23.9 Å². The van der Waals surface area contributed by atoms with Gasteiger partial charge in [-0.15, -0.1) is 11.8 Å². The lowest BCUT2D eigenvalue weighted by atomic mass is 10.2. The molecule has 1 aromatic carbocycles. The van der Waals surface area contributed by atoms with Crippen molar-refractivity contribution in [2.45, 2.75) is 12.7 Å². The summed E-state index contributed by atoms with van der Waals surface area (Å²) < 4.78 is 5.85. The Balaban J connectivity index is 1.68. The number of hydrogen-bond donors (Lipinski definition) is 1. The van der Waals surface area contributed by atoms with Crippen LogP contribution in [0.15, 0.2) is 50.6 Å². The average Bonchev–Trinajstić information content (AvgIpc) is 2.87. The van der Waals surface area contributed by atoms with Crippen LogP contribution in [0.5, 0.6) is 0 Å². The van der Waals surface area contributed by atoms with Gasteiger partial charge in [0.05, 0.1) is 12.0 Å². The van der Waals surface area contributed by atoms with Gasteiger partial charge in [-0.05, 0) is 40.5 Å². The standard InChI is InChI=1S/C15H15BrN2O2S/c1-11-2-4-12(5-3-11)9-21-10-15(19)18-17-8-13-6-7-14(16)20-13/h2-8H,9-10H2,1H3,(H,18,19)/b17-8-. The summed E-state index contributed by atoms with van der Waals surface area (Å²) in [5.74, 6) is 1.62. The van der Waals surface area contributed by atoms with E-state index in [4.69, 9.17) is 4.42 Å². The Morgan fingerprint density at radius 2 is 2.10 bits per heavy atom. The highest BCUT2D eigenvalue weighted by Crippen LogP contribution is 2.13. The van der Waals surface area contributed by atoms with Crippen molar-refractivity contribution in [3.05, 3.63) is 58.0 Å². The zero-order valence-electron chi connectivity index (χ0n) is 11.5. The Bertz CT molecular complexity index is 623. The second-order valence-corrected chi connectivity index (χ2v) is 6.18. The fourth-order valence-corrected chi connectivity index (χ4v) is 2.64. The summed E-state index contributed by atoms with van der Waals surface area (Å²) in [7, 11) is 0. The number of aryl methyl sites for hydroxylation is 1. The summed E-state index contributed by atoms with van der Waals surface area (Å²) in [6.45, 7) is 2.06. The maximum absolute atomic E-state index is 11.6. The number of benzene rings is 1. The second kappa shape index (κ2) is 8.05. The largest absolute Gasteiger partial charge is 0.448 e. The summed E-state index contributed by atoms with van der Waals surface area (Å²) >= 11 is 4.75. The fraction of sp³-hybridized carbons (Fsp3) is 0.200. The summed E-state index contributed by atoms with van der Waals surface area (Å²) in [6.07, 6.45) is 1.47. The minimum absolute atomic E-state index is 0.131. The van der Waals surface area contributed by atoms with Gasteiger partial charge in [0.2, 0.25) is 5.91 Å². The van der Waals surface area contributed by atoms with Crippen molar-refractivity contribution in [2.75, 3.05) is 5.75 Å². The number of hydrazone groups is 1. The summed E-state index contributed by atoms with van der Waals surface area (Å²) in [5.41, 5.74) is 4.92. The van der Waals surface area contributed by atoms with Crippen molar-refractivity contribution in [1.82, 2.24) is 5.43 Å². The van der Waals surface area contributed by atoms with E-state index in [0.29, 0.717) is 16.2 Å². The zero-order chi connectivity index (χ0) is 15.1. The van der Waals surface area contributed by atoms with Crippen LogP contribution in [0.4, 0.5) is 0 Å². The molecule has 1 aromatic heterocycles. The number of amides is 1. The molecule has 0 unspecified atom stereocenters. The molecule has 0 fully saturated rings. The lowest BCUT2D eigenvalue weighted by molar-refractivity contribution is -0.118. The topological polar surface area (TPSA) is 54.6 Å². The summed E-state index contributed by atoms with van der Waals surface area (Å²) in [5, 5.41) is 3.84. The number of carbonyl (C=O) groups excluding carboxylic acids is 1. The van der Waals surface area contributed by atoms with Crippen LogP contribution in [0.3, 0.4) is 0 Å². The number of carbonyl (C=O) groups is 1. The minimum Gasteiger partial charge on any atom is -0.448 e. The molecule has 0 atom stereocenters. The normalized spacial score (nSPS) is 11.0. The van der Waals surface area contributed by atoms with Gasteiger partial charge in [0.15, 0.2) is 4.67 Å². The number of thioether (sulfide) groups is 1. The van der Waals surface area contributed by atoms with Gasteiger partial charge in [0.25, 0.3) is 0 Å². The van der Waals surface area contributed by atoms with Crippen molar-refractivity contribution < 1.29 is 9.21 Å². The third kappa shape index (κ3) is 5.77. The summed E-state index contributed by atoms with van der Waals surface area (Å²) in [4.78, 5) is 11.6. The second-order valence-electron chi connectivity index (χ2n) is 4.41. The average molecular weight is 367 g/mol. The maximum Gasteiger partial charge on any atom is 0.250 e. The molecule has 0 radical (unpaired) electrons. The predicted molar refractivity (Wildman–Crippen MR) is 89.5 cm³/mol. The van der Waals surface area contributed by atoms with Gasteiger partial charge >= 0.3 is 0 Å². The van der Waals surface area contributed by atoms with Gasteiger partial charge in [-0.3, -0.25) is 4.79 Å². The molecule has 0 aliphatic carbocycles. The molecule has 0 spiro atoms. The molecule has 1 heterocycles. The van der Waals surface area contributed by atoms with Crippen LogP contribution in [0.1, 0.15) is 16.9 Å². The monoisotopic (exact) mass is 366 g/mol. The van der Waals surface area contributed by atoms with Crippen LogP contribution in [0, 0.1) is 6.92 Å². The molecule has 6 heteroatoms. The molecular weight excluding hydrogens is 352 g/mol. The third-order valence-electron chi connectivity index (χ3n) is 2.60. The lowest BCUT2D eigenvalue weighted by Crippen LogP contribution is -2.19. The number of furan rings is 1. The zero-order valence-corrected chi connectivity index (χ0v) is 13.9. The minimum atomic E-state index is -0.131. The quantitative estimate of drug-likeness (QED) is 0.625. The Morgan fingerprint density at radius 3 is 2.76 bits per heavy atom. The van der Waals surface area contributed by atoms with Crippen LogP contribution < -0.4 is 5.43 Å². The molecule has 0 saturated heterocycles. The van der Waals surface area contributed by atoms with Crippen molar-refractivity contribution >= 4 is 39.8 Å². The Kier molecular flexibility index (Phi) is 6.07. The lowest BCUT2D eigenvalue weighted by Gasteiger charge is -2.02. The number of hydrogen-bond acceptors (Lipinski definition) is 4. The van der Waals surface area contributed by atoms with E-state index in [9.17, 15) is 4.79 Å². The van der Waals surface area contributed by atoms with E-state index in [0.717, 1.165) is 5.75 Å². The van der Waals surface area contributed by atoms with Crippen molar-refractivity contribution in [3.8, 4) is 0 Å². The highest BCUT2D eigenvalue weighted by atomic mass is 79.9. The van der Waals surface area contributed by atoms with Crippen LogP contribution in [-0.4, -0.2) is 17.9 Å². The van der Waals surface area contributed by atoms with Crippen LogP contribution in [0.2, 0.25) is 0 Å². The predicted octanol–water partition coefficient (Wildman–Crippen LogP) is 3.73. The molecule has 2 aromatic rings. The molecule has 4 nitrogen and oxygen atoms in total. The van der Waals surface area contributed by atoms with Gasteiger partial charge in [0.1, 0.15) is 5.76 Å². The smallest absolute Gasteiger partial charge is 0.250 e. The Labute approximate surface area is 136 Å².